The molecule has 1 aliphatic rings. The van der Waals surface area contributed by atoms with E-state index in [1.807, 2.05) is 0 Å². The lowest BCUT2D eigenvalue weighted by atomic mass is 9.92. The maximum absolute atomic E-state index is 12.4. The average molecular weight is 296 g/mol. The van der Waals surface area contributed by atoms with Crippen molar-refractivity contribution in [1.82, 2.24) is 10.2 Å². The number of halogens is 3. The van der Waals surface area contributed by atoms with Gasteiger partial charge in [0.1, 0.15) is 18.0 Å². The van der Waals surface area contributed by atoms with Crippen LogP contribution in [0.4, 0.5) is 13.2 Å². The molecule has 1 saturated heterocycles. The van der Waals surface area contributed by atoms with E-state index in [1.165, 1.54) is 14.0 Å². The normalized spacial score (nSPS) is 24.8. The number of carboxylic acid groups (broad SMARTS) is 1. The van der Waals surface area contributed by atoms with Gasteiger partial charge in [-0.25, -0.2) is 4.79 Å². The Kier molecular flexibility index (Phi) is 4.61. The molecular weight excluding hydrogens is 281 g/mol. The molecule has 0 unspecified atom stereocenters. The molecule has 9 heteroatoms. The third-order valence-electron chi connectivity index (χ3n) is 3.36. The van der Waals surface area contributed by atoms with Crippen molar-refractivity contribution in [3.05, 3.63) is 0 Å². The number of aliphatic carboxylic acids is 1. The summed E-state index contributed by atoms with van der Waals surface area (Å²) in [4.78, 5) is 35.1. The second kappa shape index (κ2) is 5.68. The van der Waals surface area contributed by atoms with E-state index in [4.69, 9.17) is 5.11 Å². The third kappa shape index (κ3) is 3.40. The molecular formula is C11H15F3N2O4. The summed E-state index contributed by atoms with van der Waals surface area (Å²) in [6, 6.07) is -3.11. The van der Waals surface area contributed by atoms with E-state index < -0.39 is 48.4 Å². The Labute approximate surface area is 112 Å². The van der Waals surface area contributed by atoms with Gasteiger partial charge in [-0.2, -0.15) is 13.2 Å². The highest BCUT2D eigenvalue weighted by Crippen LogP contribution is 2.29. The number of nitrogens with zero attached hydrogens (tertiary/aromatic N) is 1. The largest absolute Gasteiger partial charge is 0.480 e. The van der Waals surface area contributed by atoms with Crippen LogP contribution in [0.1, 0.15) is 19.8 Å². The minimum Gasteiger partial charge on any atom is -0.480 e. The number of nitrogens with one attached hydrogen (secondary N) is 1. The van der Waals surface area contributed by atoms with Crippen LogP contribution >= 0.6 is 0 Å². The van der Waals surface area contributed by atoms with Gasteiger partial charge in [0, 0.05) is 7.05 Å². The lowest BCUT2D eigenvalue weighted by Crippen LogP contribution is -2.55. The Bertz CT molecular complexity index is 424. The van der Waals surface area contributed by atoms with Gasteiger partial charge in [0.05, 0.1) is 0 Å². The maximum atomic E-state index is 12.4. The molecule has 1 aliphatic heterocycles. The summed E-state index contributed by atoms with van der Waals surface area (Å²) in [6.07, 6.45) is -5.21. The topological polar surface area (TPSA) is 86.7 Å². The number of carbonyl (C=O) groups is 3. The summed E-state index contributed by atoms with van der Waals surface area (Å²) < 4.78 is 37.3. The van der Waals surface area contributed by atoms with Crippen molar-refractivity contribution in [3.8, 4) is 0 Å². The van der Waals surface area contributed by atoms with Gasteiger partial charge in [-0.1, -0.05) is 0 Å². The lowest BCUT2D eigenvalue weighted by molar-refractivity contribution is -0.173. The van der Waals surface area contributed by atoms with E-state index in [9.17, 15) is 27.6 Å². The minimum absolute atomic E-state index is 0.258. The van der Waals surface area contributed by atoms with Crippen molar-refractivity contribution in [1.29, 1.82) is 0 Å². The van der Waals surface area contributed by atoms with E-state index in [2.05, 4.69) is 0 Å². The highest BCUT2D eigenvalue weighted by atomic mass is 19.4. The maximum Gasteiger partial charge on any atom is 0.408 e. The fraction of sp³-hybridized carbons (Fsp3) is 0.727. The Morgan fingerprint density at radius 3 is 2.35 bits per heavy atom. The summed E-state index contributed by atoms with van der Waals surface area (Å²) >= 11 is 0. The van der Waals surface area contributed by atoms with Crippen LogP contribution in [0.5, 0.6) is 0 Å². The van der Waals surface area contributed by atoms with Crippen LogP contribution in [0, 0.1) is 5.92 Å². The van der Waals surface area contributed by atoms with Gasteiger partial charge in [-0.15, -0.1) is 0 Å². The number of hydrogen-bond acceptors (Lipinski definition) is 3. The van der Waals surface area contributed by atoms with Crippen LogP contribution in [-0.2, 0) is 14.4 Å². The van der Waals surface area contributed by atoms with Crippen molar-refractivity contribution in [2.24, 2.45) is 5.92 Å². The van der Waals surface area contributed by atoms with Gasteiger partial charge < -0.3 is 15.3 Å². The molecule has 1 fully saturated rings. The van der Waals surface area contributed by atoms with Crippen molar-refractivity contribution in [2.75, 3.05) is 7.05 Å². The first-order valence-electron chi connectivity index (χ1n) is 5.92. The van der Waals surface area contributed by atoms with Crippen LogP contribution in [-0.4, -0.2) is 53.1 Å². The smallest absolute Gasteiger partial charge is 0.408 e. The van der Waals surface area contributed by atoms with E-state index in [1.54, 1.807) is 5.32 Å². The summed E-state index contributed by atoms with van der Waals surface area (Å²) in [6.45, 7) is 1.25. The highest BCUT2D eigenvalue weighted by molar-refractivity contribution is 6.01. The van der Waals surface area contributed by atoms with Crippen LogP contribution < -0.4 is 5.32 Å². The summed E-state index contributed by atoms with van der Waals surface area (Å²) in [5.41, 5.74) is 0. The van der Waals surface area contributed by atoms with Gasteiger partial charge in [0.25, 0.3) is 0 Å². The van der Waals surface area contributed by atoms with E-state index >= 15 is 0 Å². The molecule has 1 heterocycles. The first-order valence-corrected chi connectivity index (χ1v) is 5.92. The summed E-state index contributed by atoms with van der Waals surface area (Å²) in [7, 11) is 1.20. The number of amides is 2. The Hall–Kier alpha value is -1.80. The van der Waals surface area contributed by atoms with Crippen molar-refractivity contribution >= 4 is 17.8 Å². The summed E-state index contributed by atoms with van der Waals surface area (Å²) in [5.74, 6) is -4.35. The molecule has 6 nitrogen and oxygen atoms in total. The van der Waals surface area contributed by atoms with Crippen molar-refractivity contribution in [2.45, 2.75) is 38.0 Å². The quantitative estimate of drug-likeness (QED) is 0.737. The Morgan fingerprint density at radius 1 is 1.40 bits per heavy atom. The van der Waals surface area contributed by atoms with E-state index in [-0.39, 0.29) is 6.42 Å². The molecule has 0 saturated carbocycles. The number of carboxylic acids is 1. The zero-order valence-corrected chi connectivity index (χ0v) is 10.9. The third-order valence-corrected chi connectivity index (χ3v) is 3.36. The number of carbonyl (C=O) groups excluding carboxylic acids is 2. The number of alkyl halides is 3. The van der Waals surface area contributed by atoms with E-state index in [0.29, 0.717) is 0 Å². The number of hydrogen-bond donors (Lipinski definition) is 2. The Balaban J connectivity index is 2.73. The predicted molar refractivity (Wildman–Crippen MR) is 60.6 cm³/mol. The van der Waals surface area contributed by atoms with Crippen LogP contribution in [0.15, 0.2) is 0 Å². The van der Waals surface area contributed by atoms with Gasteiger partial charge in [0.15, 0.2) is 0 Å². The molecule has 0 aromatic rings. The van der Waals surface area contributed by atoms with E-state index in [0.717, 1.165) is 4.90 Å². The zero-order valence-electron chi connectivity index (χ0n) is 10.9. The summed E-state index contributed by atoms with van der Waals surface area (Å²) in [5, 5.41) is 10.5. The highest BCUT2D eigenvalue weighted by Gasteiger charge is 2.46. The fourth-order valence-electron chi connectivity index (χ4n) is 1.89. The average Bonchev–Trinajstić information content (AvgIpc) is 2.34. The van der Waals surface area contributed by atoms with Crippen LogP contribution in [0.2, 0.25) is 0 Å². The molecule has 0 aromatic carbocycles. The molecule has 0 spiro atoms. The van der Waals surface area contributed by atoms with Crippen molar-refractivity contribution < 1.29 is 32.7 Å². The van der Waals surface area contributed by atoms with Crippen molar-refractivity contribution in [3.63, 3.8) is 0 Å². The monoisotopic (exact) mass is 296 g/mol. The second-order valence-electron chi connectivity index (χ2n) is 4.70. The molecule has 0 bridgehead atoms. The molecule has 0 aromatic heterocycles. The van der Waals surface area contributed by atoms with Gasteiger partial charge in [-0.3, -0.25) is 9.59 Å². The molecule has 3 atom stereocenters. The number of rotatable bonds is 3. The first kappa shape index (κ1) is 16.3. The molecule has 20 heavy (non-hydrogen) atoms. The SMILES string of the molecule is C[C@H](C(=O)O)N(C)C(=O)[C@H]1CC[C@H](C(F)(F)F)NC1=O. The number of piperidine rings is 1. The number of likely N-dealkylation sites (N-methyl/N-ethyl adjacent to an activating group) is 1. The molecule has 1 rings (SSSR count). The van der Waals surface area contributed by atoms with Gasteiger partial charge in [0.2, 0.25) is 11.8 Å². The molecule has 0 aliphatic carbocycles. The molecule has 0 radical (unpaired) electrons. The standard InChI is InChI=1S/C11H15F3N2O4/c1-5(10(19)20)16(2)9(18)6-3-4-7(11(12,13)14)15-8(6)17/h5-7H,3-4H2,1-2H3,(H,15,17)(H,19,20)/t5-,6+,7-/m1/s1. The molecule has 2 amide bonds. The predicted octanol–water partition coefficient (Wildman–Crippen LogP) is 0.375. The lowest BCUT2D eigenvalue weighted by Gasteiger charge is -2.32. The van der Waals surface area contributed by atoms with Crippen LogP contribution in [0.25, 0.3) is 0 Å². The van der Waals surface area contributed by atoms with Gasteiger partial charge in [-0.05, 0) is 19.8 Å². The first-order chi connectivity index (χ1) is 9.05. The molecule has 114 valence electrons. The minimum atomic E-state index is -4.55. The second-order valence-corrected chi connectivity index (χ2v) is 4.70. The molecule has 2 N–H and O–H groups in total. The zero-order chi connectivity index (χ0) is 15.7. The fourth-order valence-corrected chi connectivity index (χ4v) is 1.89. The Morgan fingerprint density at radius 2 is 1.95 bits per heavy atom. The van der Waals surface area contributed by atoms with Crippen LogP contribution in [0.3, 0.4) is 0 Å². The van der Waals surface area contributed by atoms with Gasteiger partial charge >= 0.3 is 12.1 Å².